The number of aromatic hydroxyl groups is 1. The van der Waals surface area contributed by atoms with Crippen molar-refractivity contribution >= 4 is 28.3 Å². The zero-order valence-corrected chi connectivity index (χ0v) is 7.78. The smallest absolute Gasteiger partial charge is 0.142 e. The van der Waals surface area contributed by atoms with Gasteiger partial charge in [0.2, 0.25) is 0 Å². The molecule has 0 aromatic heterocycles. The molecule has 0 amide bonds. The number of hydrogen-bond acceptors (Lipinski definition) is 2. The van der Waals surface area contributed by atoms with Gasteiger partial charge < -0.3 is 5.11 Å². The Hall–Kier alpha value is -1.09. The Balaban J connectivity index is 3.07. The van der Waals surface area contributed by atoms with Crippen LogP contribution >= 0.6 is 15.9 Å². The van der Waals surface area contributed by atoms with Crippen molar-refractivity contribution < 1.29 is 9.90 Å². The van der Waals surface area contributed by atoms with E-state index in [4.69, 9.17) is 0 Å². The lowest BCUT2D eigenvalue weighted by Gasteiger charge is -1.99. The maximum atomic E-state index is 9.99. The normalized spacial score (nSPS) is 10.4. The minimum atomic E-state index is 0.149. The number of hydrogen-bond donors (Lipinski definition) is 1. The molecule has 1 aromatic carbocycles. The summed E-state index contributed by atoms with van der Waals surface area (Å²) in [7, 11) is 0. The van der Waals surface area contributed by atoms with Gasteiger partial charge in [-0.2, -0.15) is 0 Å². The van der Waals surface area contributed by atoms with Gasteiger partial charge in [-0.1, -0.05) is 12.1 Å². The van der Waals surface area contributed by atoms with Crippen molar-refractivity contribution in [2.24, 2.45) is 0 Å². The van der Waals surface area contributed by atoms with Gasteiger partial charge in [-0.05, 0) is 34.1 Å². The largest absolute Gasteiger partial charge is 0.506 e. The highest BCUT2D eigenvalue weighted by atomic mass is 79.9. The summed E-state index contributed by atoms with van der Waals surface area (Å²) in [6.45, 7) is 0. The molecular weight excluding hydrogens is 220 g/mol. The van der Waals surface area contributed by atoms with Gasteiger partial charge in [0.25, 0.3) is 0 Å². The fourth-order valence-electron chi connectivity index (χ4n) is 0.809. The maximum absolute atomic E-state index is 9.99. The first-order valence-corrected chi connectivity index (χ1v) is 4.14. The molecule has 0 aliphatic heterocycles. The first-order valence-electron chi connectivity index (χ1n) is 3.35. The molecule has 0 radical (unpaired) electrons. The summed E-state index contributed by atoms with van der Waals surface area (Å²) in [4.78, 5) is 9.99. The predicted octanol–water partition coefficient (Wildman–Crippen LogP) is 2.37. The lowest BCUT2D eigenvalue weighted by molar-refractivity contribution is -0.104. The highest BCUT2D eigenvalue weighted by molar-refractivity contribution is 9.10. The standard InChI is InChI=1S/C9H7BrO2/c10-8-5-1-3-7(9(8)12)4-2-6-11/h1-6,12H/b4-2+. The van der Waals surface area contributed by atoms with E-state index in [1.807, 2.05) is 0 Å². The number of halogens is 1. The van der Waals surface area contributed by atoms with Crippen molar-refractivity contribution in [1.29, 1.82) is 0 Å². The number of aldehydes is 1. The van der Waals surface area contributed by atoms with Gasteiger partial charge in [-0.15, -0.1) is 0 Å². The fourth-order valence-corrected chi connectivity index (χ4v) is 1.19. The molecule has 1 rings (SSSR count). The van der Waals surface area contributed by atoms with E-state index in [-0.39, 0.29) is 5.75 Å². The summed E-state index contributed by atoms with van der Waals surface area (Å²) in [6, 6.07) is 5.24. The molecule has 3 heteroatoms. The molecule has 0 fully saturated rings. The van der Waals surface area contributed by atoms with Crippen LogP contribution in [0.5, 0.6) is 5.75 Å². The second kappa shape index (κ2) is 4.07. The minimum Gasteiger partial charge on any atom is -0.506 e. The van der Waals surface area contributed by atoms with Gasteiger partial charge in [0.05, 0.1) is 4.47 Å². The second-order valence-corrected chi connectivity index (χ2v) is 3.03. The van der Waals surface area contributed by atoms with Crippen molar-refractivity contribution in [2.75, 3.05) is 0 Å². The van der Waals surface area contributed by atoms with E-state index in [0.29, 0.717) is 16.3 Å². The molecule has 0 heterocycles. The van der Waals surface area contributed by atoms with Crippen molar-refractivity contribution in [3.8, 4) is 5.75 Å². The number of benzene rings is 1. The van der Waals surface area contributed by atoms with E-state index in [0.717, 1.165) is 0 Å². The number of allylic oxidation sites excluding steroid dienone is 1. The summed E-state index contributed by atoms with van der Waals surface area (Å²) < 4.78 is 0.621. The van der Waals surface area contributed by atoms with Crippen LogP contribution in [0.3, 0.4) is 0 Å². The number of carbonyl (C=O) groups excluding carboxylic acids is 1. The topological polar surface area (TPSA) is 37.3 Å². The number of phenolic OH excluding ortho intramolecular Hbond substituents is 1. The Morgan fingerprint density at radius 3 is 2.83 bits per heavy atom. The number of para-hydroxylation sites is 1. The van der Waals surface area contributed by atoms with E-state index in [1.165, 1.54) is 6.08 Å². The van der Waals surface area contributed by atoms with E-state index in [9.17, 15) is 9.90 Å². The third-order valence-electron chi connectivity index (χ3n) is 1.37. The first kappa shape index (κ1) is 9.00. The average Bonchev–Trinajstić information content (AvgIpc) is 2.08. The van der Waals surface area contributed by atoms with Crippen LogP contribution in [0.15, 0.2) is 28.7 Å². The third-order valence-corrected chi connectivity index (χ3v) is 2.01. The zero-order chi connectivity index (χ0) is 8.97. The average molecular weight is 227 g/mol. The summed E-state index contributed by atoms with van der Waals surface area (Å²) >= 11 is 3.17. The second-order valence-electron chi connectivity index (χ2n) is 2.17. The highest BCUT2D eigenvalue weighted by Crippen LogP contribution is 2.27. The molecule has 0 atom stereocenters. The SMILES string of the molecule is O=C/C=C/c1cccc(Br)c1O. The van der Waals surface area contributed by atoms with Gasteiger partial charge in [0.1, 0.15) is 12.0 Å². The van der Waals surface area contributed by atoms with Gasteiger partial charge in [0, 0.05) is 5.56 Å². The van der Waals surface area contributed by atoms with Gasteiger partial charge >= 0.3 is 0 Å². The molecule has 0 aliphatic rings. The van der Waals surface area contributed by atoms with E-state index in [2.05, 4.69) is 15.9 Å². The summed E-state index contributed by atoms with van der Waals surface area (Å²) in [5.74, 6) is 0.149. The molecule has 0 spiro atoms. The Morgan fingerprint density at radius 2 is 2.17 bits per heavy atom. The van der Waals surface area contributed by atoms with Crippen molar-refractivity contribution in [2.45, 2.75) is 0 Å². The van der Waals surface area contributed by atoms with Crippen molar-refractivity contribution in [1.82, 2.24) is 0 Å². The van der Waals surface area contributed by atoms with Gasteiger partial charge in [-0.3, -0.25) is 4.79 Å². The number of carbonyl (C=O) groups is 1. The lowest BCUT2D eigenvalue weighted by atomic mass is 10.2. The minimum absolute atomic E-state index is 0.149. The molecule has 0 bridgehead atoms. The third kappa shape index (κ3) is 1.95. The molecule has 2 nitrogen and oxygen atoms in total. The van der Waals surface area contributed by atoms with Crippen LogP contribution in [0.2, 0.25) is 0 Å². The molecular formula is C9H7BrO2. The van der Waals surface area contributed by atoms with Crippen LogP contribution in [0.1, 0.15) is 5.56 Å². The van der Waals surface area contributed by atoms with Crippen LogP contribution in [-0.4, -0.2) is 11.4 Å². The van der Waals surface area contributed by atoms with Crippen molar-refractivity contribution in [3.63, 3.8) is 0 Å². The molecule has 1 N–H and O–H groups in total. The van der Waals surface area contributed by atoms with Crippen molar-refractivity contribution in [3.05, 3.63) is 34.3 Å². The van der Waals surface area contributed by atoms with Crippen LogP contribution in [0.25, 0.3) is 6.08 Å². The van der Waals surface area contributed by atoms with Crippen LogP contribution in [0.4, 0.5) is 0 Å². The maximum Gasteiger partial charge on any atom is 0.142 e. The van der Waals surface area contributed by atoms with E-state index < -0.39 is 0 Å². The monoisotopic (exact) mass is 226 g/mol. The quantitative estimate of drug-likeness (QED) is 0.622. The Labute approximate surface area is 78.7 Å². The van der Waals surface area contributed by atoms with Crippen LogP contribution in [0, 0.1) is 0 Å². The molecule has 62 valence electrons. The Bertz CT molecular complexity index is 318. The van der Waals surface area contributed by atoms with Crippen LogP contribution in [-0.2, 0) is 4.79 Å². The number of rotatable bonds is 2. The molecule has 0 unspecified atom stereocenters. The summed E-state index contributed by atoms with van der Waals surface area (Å²) in [5.41, 5.74) is 0.622. The number of phenols is 1. The zero-order valence-electron chi connectivity index (χ0n) is 6.20. The Kier molecular flexibility index (Phi) is 3.05. The molecule has 0 aliphatic carbocycles. The first-order chi connectivity index (χ1) is 5.75. The molecule has 1 aromatic rings. The van der Waals surface area contributed by atoms with Crippen LogP contribution < -0.4 is 0 Å². The fraction of sp³-hybridized carbons (Fsp3) is 0. The van der Waals surface area contributed by atoms with E-state index in [1.54, 1.807) is 24.3 Å². The highest BCUT2D eigenvalue weighted by Gasteiger charge is 1.99. The summed E-state index contributed by atoms with van der Waals surface area (Å²) in [6.07, 6.45) is 3.55. The van der Waals surface area contributed by atoms with Gasteiger partial charge in [0.15, 0.2) is 0 Å². The van der Waals surface area contributed by atoms with E-state index >= 15 is 0 Å². The lowest BCUT2D eigenvalue weighted by Crippen LogP contribution is -1.75. The summed E-state index contributed by atoms with van der Waals surface area (Å²) in [5, 5.41) is 9.41. The molecule has 0 saturated heterocycles. The molecule has 12 heavy (non-hydrogen) atoms. The predicted molar refractivity (Wildman–Crippen MR) is 50.9 cm³/mol. The Morgan fingerprint density at radius 1 is 1.42 bits per heavy atom. The molecule has 0 saturated carbocycles. The van der Waals surface area contributed by atoms with Gasteiger partial charge in [-0.25, -0.2) is 0 Å².